The van der Waals surface area contributed by atoms with Crippen molar-refractivity contribution in [1.82, 2.24) is 0 Å². The van der Waals surface area contributed by atoms with Crippen LogP contribution in [0.5, 0.6) is 11.5 Å². The summed E-state index contributed by atoms with van der Waals surface area (Å²) in [6.07, 6.45) is -12.2. The van der Waals surface area contributed by atoms with Gasteiger partial charge in [0.15, 0.2) is 0 Å². The van der Waals surface area contributed by atoms with E-state index in [0.29, 0.717) is 6.07 Å². The molecule has 3 N–H and O–H groups in total. The Bertz CT molecular complexity index is 706. The van der Waals surface area contributed by atoms with Crippen molar-refractivity contribution in [1.29, 1.82) is 0 Å². The van der Waals surface area contributed by atoms with Crippen LogP contribution in [0.3, 0.4) is 0 Å². The summed E-state index contributed by atoms with van der Waals surface area (Å²) in [5.74, 6) is -1.66. The molecule has 0 aliphatic heterocycles. The van der Waals surface area contributed by atoms with Crippen molar-refractivity contribution in [3.8, 4) is 11.5 Å². The van der Waals surface area contributed by atoms with Gasteiger partial charge in [-0.05, 0) is 23.6 Å². The molecule has 2 rings (SSSR count). The molecule has 0 spiro atoms. The highest BCUT2D eigenvalue weighted by Crippen LogP contribution is 2.53. The molecule has 3 nitrogen and oxygen atoms in total. The van der Waals surface area contributed by atoms with Crippen LogP contribution >= 0.6 is 0 Å². The van der Waals surface area contributed by atoms with Crippen molar-refractivity contribution in [2.24, 2.45) is 0 Å². The molecular formula is C13H8F6O3. The van der Waals surface area contributed by atoms with Crippen LogP contribution in [0.25, 0.3) is 10.8 Å². The molecule has 0 saturated heterocycles. The van der Waals surface area contributed by atoms with Gasteiger partial charge in [-0.2, -0.15) is 26.3 Å². The summed E-state index contributed by atoms with van der Waals surface area (Å²) in [6, 6.07) is 4.10. The second kappa shape index (κ2) is 4.67. The van der Waals surface area contributed by atoms with Gasteiger partial charge < -0.3 is 15.3 Å². The number of aromatic hydroxyl groups is 2. The van der Waals surface area contributed by atoms with Crippen LogP contribution < -0.4 is 0 Å². The minimum atomic E-state index is -6.09. The summed E-state index contributed by atoms with van der Waals surface area (Å²) in [5.41, 5.74) is -6.94. The van der Waals surface area contributed by atoms with Crippen LogP contribution in [0, 0.1) is 0 Å². The van der Waals surface area contributed by atoms with E-state index in [9.17, 15) is 41.7 Å². The molecule has 0 aliphatic carbocycles. The van der Waals surface area contributed by atoms with Gasteiger partial charge >= 0.3 is 12.4 Å². The number of fused-ring (bicyclic) bond motifs is 1. The van der Waals surface area contributed by atoms with E-state index in [1.165, 1.54) is 0 Å². The Morgan fingerprint density at radius 2 is 1.32 bits per heavy atom. The van der Waals surface area contributed by atoms with E-state index in [1.807, 2.05) is 0 Å². The zero-order valence-corrected chi connectivity index (χ0v) is 10.5. The molecule has 9 heteroatoms. The van der Waals surface area contributed by atoms with E-state index >= 15 is 0 Å². The summed E-state index contributed by atoms with van der Waals surface area (Å²) in [6.45, 7) is 0. The maximum absolute atomic E-state index is 12.8. The molecule has 0 aliphatic rings. The quantitative estimate of drug-likeness (QED) is 0.702. The standard InChI is InChI=1S/C13H8F6O3/c14-12(15,16)11(22,13(17,18)19)9-4-1-6-5-7(20)2-3-8(6)10(9)21/h1-5,20-22H. The number of aliphatic hydroxyl groups is 1. The zero-order valence-electron chi connectivity index (χ0n) is 10.5. The summed E-state index contributed by atoms with van der Waals surface area (Å²) in [4.78, 5) is 0. The monoisotopic (exact) mass is 326 g/mol. The number of hydrogen-bond donors (Lipinski definition) is 3. The molecule has 0 bridgehead atoms. The van der Waals surface area contributed by atoms with Crippen molar-refractivity contribution in [3.63, 3.8) is 0 Å². The molecule has 120 valence electrons. The fourth-order valence-corrected chi connectivity index (χ4v) is 2.06. The normalized spacial score (nSPS) is 13.6. The van der Waals surface area contributed by atoms with Gasteiger partial charge in [0.2, 0.25) is 0 Å². The van der Waals surface area contributed by atoms with Gasteiger partial charge in [0.25, 0.3) is 5.60 Å². The Kier molecular flexibility index (Phi) is 3.44. The lowest BCUT2D eigenvalue weighted by molar-refractivity contribution is -0.376. The lowest BCUT2D eigenvalue weighted by atomic mass is 9.89. The first-order valence-corrected chi connectivity index (χ1v) is 5.70. The molecule has 0 unspecified atom stereocenters. The number of halogens is 6. The fourth-order valence-electron chi connectivity index (χ4n) is 2.06. The lowest BCUT2D eigenvalue weighted by Crippen LogP contribution is -2.53. The SMILES string of the molecule is Oc1ccc2c(O)c(C(O)(C(F)(F)F)C(F)(F)F)ccc2c1. The summed E-state index contributed by atoms with van der Waals surface area (Å²) < 4.78 is 76.9. The van der Waals surface area contributed by atoms with Gasteiger partial charge in [-0.15, -0.1) is 0 Å². The first kappa shape index (κ1) is 16.2. The van der Waals surface area contributed by atoms with Crippen molar-refractivity contribution < 1.29 is 41.7 Å². The summed E-state index contributed by atoms with van der Waals surface area (Å²) >= 11 is 0. The van der Waals surface area contributed by atoms with Gasteiger partial charge in [-0.1, -0.05) is 12.1 Å². The van der Waals surface area contributed by atoms with Crippen LogP contribution in [0.2, 0.25) is 0 Å². The first-order valence-electron chi connectivity index (χ1n) is 5.70. The number of rotatable bonds is 1. The van der Waals surface area contributed by atoms with Crippen molar-refractivity contribution in [2.75, 3.05) is 0 Å². The Morgan fingerprint density at radius 3 is 1.82 bits per heavy atom. The summed E-state index contributed by atoms with van der Waals surface area (Å²) in [5, 5.41) is 27.9. The molecule has 2 aromatic carbocycles. The minimum absolute atomic E-state index is 0.00736. The average Bonchev–Trinajstić information content (AvgIpc) is 2.35. The highest BCUT2D eigenvalue weighted by molar-refractivity contribution is 5.90. The van der Waals surface area contributed by atoms with Crippen LogP contribution in [0.1, 0.15) is 5.56 Å². The third-order valence-corrected chi connectivity index (χ3v) is 3.19. The average molecular weight is 326 g/mol. The first-order chi connectivity index (χ1) is 9.89. The smallest absolute Gasteiger partial charge is 0.430 e. The van der Waals surface area contributed by atoms with Crippen molar-refractivity contribution in [3.05, 3.63) is 35.9 Å². The number of alkyl halides is 6. The van der Waals surface area contributed by atoms with E-state index in [1.54, 1.807) is 0 Å². The predicted molar refractivity (Wildman–Crippen MR) is 63.3 cm³/mol. The van der Waals surface area contributed by atoms with Crippen LogP contribution in [-0.4, -0.2) is 27.7 Å². The van der Waals surface area contributed by atoms with Gasteiger partial charge in [0, 0.05) is 10.9 Å². The Hall–Kier alpha value is -2.16. The van der Waals surface area contributed by atoms with E-state index in [2.05, 4.69) is 0 Å². The van der Waals surface area contributed by atoms with Gasteiger partial charge in [0.1, 0.15) is 11.5 Å². The molecule has 0 saturated carbocycles. The molecule has 0 heterocycles. The van der Waals surface area contributed by atoms with Crippen LogP contribution in [0.15, 0.2) is 30.3 Å². The molecule has 22 heavy (non-hydrogen) atoms. The molecule has 0 atom stereocenters. The van der Waals surface area contributed by atoms with Crippen LogP contribution in [-0.2, 0) is 5.60 Å². The van der Waals surface area contributed by atoms with Gasteiger partial charge in [0.05, 0.1) is 0 Å². The molecule has 0 radical (unpaired) electrons. The Morgan fingerprint density at radius 1 is 0.773 bits per heavy atom. The predicted octanol–water partition coefficient (Wildman–Crippen LogP) is 3.56. The number of hydrogen-bond acceptors (Lipinski definition) is 3. The highest BCUT2D eigenvalue weighted by Gasteiger charge is 2.72. The molecule has 0 aromatic heterocycles. The topological polar surface area (TPSA) is 60.7 Å². The second-order valence-electron chi connectivity index (χ2n) is 4.57. The van der Waals surface area contributed by atoms with Gasteiger partial charge in [-0.25, -0.2) is 0 Å². The molecule has 2 aromatic rings. The zero-order chi connectivity index (χ0) is 16.9. The maximum Gasteiger partial charge on any atom is 0.430 e. The third kappa shape index (κ3) is 2.21. The fraction of sp³-hybridized carbons (Fsp3) is 0.231. The van der Waals surface area contributed by atoms with Crippen LogP contribution in [0.4, 0.5) is 26.3 Å². The third-order valence-electron chi connectivity index (χ3n) is 3.19. The van der Waals surface area contributed by atoms with E-state index in [0.717, 1.165) is 24.3 Å². The Labute approximate surface area is 119 Å². The molecule has 0 fully saturated rings. The summed E-state index contributed by atoms with van der Waals surface area (Å²) in [7, 11) is 0. The molecule has 0 amide bonds. The highest BCUT2D eigenvalue weighted by atomic mass is 19.4. The molecular weight excluding hydrogens is 318 g/mol. The number of phenolic OH excluding ortho intramolecular Hbond substituents is 2. The second-order valence-corrected chi connectivity index (χ2v) is 4.57. The minimum Gasteiger partial charge on any atom is -0.508 e. The number of benzene rings is 2. The lowest BCUT2D eigenvalue weighted by Gasteiger charge is -2.33. The number of phenols is 2. The largest absolute Gasteiger partial charge is 0.508 e. The van der Waals surface area contributed by atoms with Gasteiger partial charge in [-0.3, -0.25) is 0 Å². The van der Waals surface area contributed by atoms with E-state index < -0.39 is 29.3 Å². The van der Waals surface area contributed by atoms with Crippen molar-refractivity contribution >= 4 is 10.8 Å². The Balaban J connectivity index is 2.82. The van der Waals surface area contributed by atoms with E-state index in [-0.39, 0.29) is 16.5 Å². The van der Waals surface area contributed by atoms with Crippen molar-refractivity contribution in [2.45, 2.75) is 18.0 Å². The van der Waals surface area contributed by atoms with E-state index in [4.69, 9.17) is 0 Å². The maximum atomic E-state index is 12.8.